The first kappa shape index (κ1) is 18.0. The minimum Gasteiger partial charge on any atom is -0.376 e. The first-order valence-electron chi connectivity index (χ1n) is 6.68. The summed E-state index contributed by atoms with van der Waals surface area (Å²) < 4.78 is 64.3. The van der Waals surface area contributed by atoms with Crippen LogP contribution in [0, 0.1) is 6.92 Å². The van der Waals surface area contributed by atoms with E-state index in [-0.39, 0.29) is 5.69 Å². The molecule has 0 fully saturated rings. The molecule has 0 aliphatic heterocycles. The molecule has 0 radical (unpaired) electrons. The van der Waals surface area contributed by atoms with Gasteiger partial charge in [0.05, 0.1) is 11.7 Å². The van der Waals surface area contributed by atoms with Crippen LogP contribution in [0.5, 0.6) is 5.75 Å². The quantitative estimate of drug-likeness (QED) is 0.616. The highest BCUT2D eigenvalue weighted by atomic mass is 32.2. The number of halogens is 3. The van der Waals surface area contributed by atoms with Gasteiger partial charge in [-0.15, -0.1) is 0 Å². The molecule has 0 spiro atoms. The van der Waals surface area contributed by atoms with E-state index in [1.807, 2.05) is 0 Å². The summed E-state index contributed by atoms with van der Waals surface area (Å²) in [5.41, 5.74) is -5.48. The summed E-state index contributed by atoms with van der Waals surface area (Å²) >= 11 is 0. The Hall–Kier alpha value is -2.36. The Labute approximate surface area is 135 Å². The van der Waals surface area contributed by atoms with Crippen molar-refractivity contribution in [3.63, 3.8) is 0 Å². The number of pyridine rings is 2. The fourth-order valence-corrected chi connectivity index (χ4v) is 2.60. The molecule has 10 heteroatoms. The minimum absolute atomic E-state index is 0.230. The lowest BCUT2D eigenvalue weighted by atomic mass is 10.2. The van der Waals surface area contributed by atoms with Crippen LogP contribution in [-0.2, 0) is 10.1 Å². The van der Waals surface area contributed by atoms with Gasteiger partial charge in [0.25, 0.3) is 5.56 Å². The van der Waals surface area contributed by atoms with E-state index in [0.29, 0.717) is 11.8 Å². The van der Waals surface area contributed by atoms with Crippen LogP contribution in [0.25, 0.3) is 0 Å². The number of aromatic nitrogens is 2. The molecule has 1 unspecified atom stereocenters. The molecule has 24 heavy (non-hydrogen) atoms. The average Bonchev–Trinajstić information content (AvgIpc) is 2.45. The molecule has 0 amide bonds. The topological polar surface area (TPSA) is 78.3 Å². The van der Waals surface area contributed by atoms with Gasteiger partial charge in [0.2, 0.25) is 0 Å². The van der Waals surface area contributed by atoms with Crippen LogP contribution in [0.15, 0.2) is 41.3 Å². The smallest absolute Gasteiger partial charge is 0.376 e. The molecule has 0 aliphatic carbocycles. The van der Waals surface area contributed by atoms with Gasteiger partial charge in [-0.05, 0) is 26.0 Å². The molecular formula is C14H13F3N2O4S. The summed E-state index contributed by atoms with van der Waals surface area (Å²) in [7, 11) is -5.83. The van der Waals surface area contributed by atoms with Crippen LogP contribution in [0.3, 0.4) is 0 Å². The molecule has 0 aliphatic rings. The first-order valence-corrected chi connectivity index (χ1v) is 8.08. The van der Waals surface area contributed by atoms with Crippen molar-refractivity contribution in [2.45, 2.75) is 25.4 Å². The lowest BCUT2D eigenvalue weighted by Crippen LogP contribution is -2.30. The number of hydrogen-bond donors (Lipinski definition) is 0. The van der Waals surface area contributed by atoms with Crippen molar-refractivity contribution in [3.8, 4) is 5.75 Å². The highest BCUT2D eigenvalue weighted by Gasteiger charge is 2.48. The van der Waals surface area contributed by atoms with Gasteiger partial charge < -0.3 is 8.75 Å². The van der Waals surface area contributed by atoms with Crippen LogP contribution in [0.2, 0.25) is 0 Å². The summed E-state index contributed by atoms with van der Waals surface area (Å²) in [4.78, 5) is 16.3. The summed E-state index contributed by atoms with van der Waals surface area (Å²) in [6, 6.07) is 6.36. The van der Waals surface area contributed by atoms with E-state index < -0.39 is 33.0 Å². The molecule has 0 bridgehead atoms. The van der Waals surface area contributed by atoms with Gasteiger partial charge >= 0.3 is 15.6 Å². The van der Waals surface area contributed by atoms with Gasteiger partial charge in [0, 0.05) is 24.0 Å². The normalized spacial score (nSPS) is 13.5. The van der Waals surface area contributed by atoms with E-state index in [1.54, 1.807) is 31.3 Å². The molecule has 2 heterocycles. The molecule has 0 N–H and O–H groups in total. The van der Waals surface area contributed by atoms with Crippen molar-refractivity contribution >= 4 is 10.1 Å². The van der Waals surface area contributed by atoms with E-state index in [2.05, 4.69) is 9.17 Å². The molecule has 1 atom stereocenters. The second-order valence-corrected chi connectivity index (χ2v) is 6.49. The predicted octanol–water partition coefficient (Wildman–Crippen LogP) is 2.39. The Balaban J connectivity index is 2.42. The Morgan fingerprint density at radius 2 is 1.92 bits per heavy atom. The number of alkyl halides is 3. The zero-order valence-electron chi connectivity index (χ0n) is 12.6. The molecule has 0 aromatic carbocycles. The maximum Gasteiger partial charge on any atom is 0.534 e. The number of nitrogens with zero attached hydrogens (tertiary/aromatic N) is 2. The second-order valence-electron chi connectivity index (χ2n) is 4.95. The zero-order valence-corrected chi connectivity index (χ0v) is 13.4. The summed E-state index contributed by atoms with van der Waals surface area (Å²) in [5.74, 6) is -0.695. The maximum absolute atomic E-state index is 12.3. The molecule has 2 aromatic rings. The van der Waals surface area contributed by atoms with Gasteiger partial charge in [-0.1, -0.05) is 6.07 Å². The Morgan fingerprint density at radius 3 is 2.42 bits per heavy atom. The van der Waals surface area contributed by atoms with Gasteiger partial charge in [-0.3, -0.25) is 9.78 Å². The van der Waals surface area contributed by atoms with Crippen LogP contribution < -0.4 is 9.74 Å². The molecule has 2 aromatic heterocycles. The Morgan fingerprint density at radius 1 is 1.25 bits per heavy atom. The van der Waals surface area contributed by atoms with Crippen LogP contribution >= 0.6 is 0 Å². The third-order valence-electron chi connectivity index (χ3n) is 3.23. The van der Waals surface area contributed by atoms with Crippen molar-refractivity contribution in [1.82, 2.24) is 9.55 Å². The molecule has 6 nitrogen and oxygen atoms in total. The van der Waals surface area contributed by atoms with E-state index in [0.717, 1.165) is 6.07 Å². The fraction of sp³-hybridized carbons (Fsp3) is 0.286. The van der Waals surface area contributed by atoms with Crippen LogP contribution in [0.1, 0.15) is 24.4 Å². The van der Waals surface area contributed by atoms with E-state index in [9.17, 15) is 26.4 Å². The highest BCUT2D eigenvalue weighted by molar-refractivity contribution is 7.88. The van der Waals surface area contributed by atoms with E-state index >= 15 is 0 Å². The number of hydrogen-bond acceptors (Lipinski definition) is 5. The Kier molecular flexibility index (Phi) is 4.70. The summed E-state index contributed by atoms with van der Waals surface area (Å²) in [6.45, 7) is 3.14. The number of rotatable bonds is 4. The van der Waals surface area contributed by atoms with Crippen molar-refractivity contribution in [2.75, 3.05) is 0 Å². The second kappa shape index (κ2) is 6.27. The monoisotopic (exact) mass is 362 g/mol. The van der Waals surface area contributed by atoms with E-state index in [4.69, 9.17) is 0 Å². The zero-order chi connectivity index (χ0) is 18.1. The predicted molar refractivity (Wildman–Crippen MR) is 79.1 cm³/mol. The third-order valence-corrected chi connectivity index (χ3v) is 4.21. The maximum atomic E-state index is 12.3. The molecule has 0 saturated heterocycles. The molecule has 130 valence electrons. The third kappa shape index (κ3) is 3.58. The SMILES string of the molecule is Cc1cc(OS(=O)(=O)C(F)(F)F)cc(=O)n1C(C)c1ccccn1. The molecular weight excluding hydrogens is 349 g/mol. The van der Waals surface area contributed by atoms with Gasteiger partial charge in [0.15, 0.2) is 0 Å². The van der Waals surface area contributed by atoms with Gasteiger partial charge in [-0.25, -0.2) is 0 Å². The van der Waals surface area contributed by atoms with Crippen molar-refractivity contribution in [1.29, 1.82) is 0 Å². The number of aryl methyl sites for hydroxylation is 1. The minimum atomic E-state index is -5.83. The lowest BCUT2D eigenvalue weighted by molar-refractivity contribution is -0.0500. The van der Waals surface area contributed by atoms with Crippen LogP contribution in [-0.4, -0.2) is 23.5 Å². The molecule has 0 saturated carbocycles. The van der Waals surface area contributed by atoms with Gasteiger partial charge in [-0.2, -0.15) is 21.6 Å². The standard InChI is InChI=1S/C14H13F3N2O4S/c1-9-7-11(23-24(21,22)14(15,16)17)8-13(20)19(9)10(2)12-5-3-4-6-18-12/h3-8,10H,1-2H3. The lowest BCUT2D eigenvalue weighted by Gasteiger charge is -2.18. The average molecular weight is 362 g/mol. The first-order chi connectivity index (χ1) is 11.0. The summed E-state index contributed by atoms with van der Waals surface area (Å²) in [5, 5.41) is 0. The van der Waals surface area contributed by atoms with Crippen LogP contribution in [0.4, 0.5) is 13.2 Å². The fourth-order valence-electron chi connectivity index (χ4n) is 2.16. The van der Waals surface area contributed by atoms with Crippen molar-refractivity contribution in [2.24, 2.45) is 0 Å². The van der Waals surface area contributed by atoms with Crippen molar-refractivity contribution < 1.29 is 25.8 Å². The Bertz CT molecular complexity index is 892. The molecule has 2 rings (SSSR count). The van der Waals surface area contributed by atoms with Crippen molar-refractivity contribution in [3.05, 3.63) is 58.3 Å². The van der Waals surface area contributed by atoms with Gasteiger partial charge in [0.1, 0.15) is 5.75 Å². The van der Waals surface area contributed by atoms with E-state index in [1.165, 1.54) is 11.5 Å². The highest BCUT2D eigenvalue weighted by Crippen LogP contribution is 2.27. The summed E-state index contributed by atoms with van der Waals surface area (Å²) in [6.07, 6.45) is 1.54. The largest absolute Gasteiger partial charge is 0.534 e.